The van der Waals surface area contributed by atoms with Crippen LogP contribution < -0.4 is 0 Å². The number of aliphatic hydroxyl groups is 1. The first-order valence-electron chi connectivity index (χ1n) is 4.55. The third kappa shape index (κ3) is 2.37. The summed E-state index contributed by atoms with van der Waals surface area (Å²) >= 11 is 0. The Kier molecular flexibility index (Phi) is 3.30. The lowest BCUT2D eigenvalue weighted by atomic mass is 10.00. The van der Waals surface area contributed by atoms with Crippen molar-refractivity contribution >= 4 is 5.78 Å². The Balaban J connectivity index is 2.77. The molecule has 0 amide bonds. The molecular weight excluding hydrogens is 225 g/mol. The standard InChI is InChI=1S/C10H11F3O3/c1-16-5-2-7(14)6-8(15)9(3-4-9)10(11,12)13/h2,5-6,14H,3-4H2,1H3/b5-2+,7-6?. The first-order chi connectivity index (χ1) is 7.33. The second-order valence-electron chi connectivity index (χ2n) is 3.55. The molecule has 90 valence electrons. The van der Waals surface area contributed by atoms with Crippen molar-refractivity contribution in [3.8, 4) is 0 Å². The summed E-state index contributed by atoms with van der Waals surface area (Å²) in [7, 11) is 1.31. The number of methoxy groups -OCH3 is 1. The second kappa shape index (κ2) is 4.19. The minimum absolute atomic E-state index is 0.215. The van der Waals surface area contributed by atoms with Gasteiger partial charge in [0.25, 0.3) is 0 Å². The molecule has 1 fully saturated rings. The number of rotatable bonds is 4. The van der Waals surface area contributed by atoms with E-state index in [9.17, 15) is 18.0 Å². The average Bonchev–Trinajstić information content (AvgIpc) is 2.93. The van der Waals surface area contributed by atoms with E-state index in [0.717, 1.165) is 12.3 Å². The summed E-state index contributed by atoms with van der Waals surface area (Å²) in [4.78, 5) is 11.3. The highest BCUT2D eigenvalue weighted by molar-refractivity contribution is 5.98. The van der Waals surface area contributed by atoms with E-state index < -0.39 is 23.1 Å². The molecule has 0 aromatic heterocycles. The van der Waals surface area contributed by atoms with Gasteiger partial charge in [0.2, 0.25) is 0 Å². The van der Waals surface area contributed by atoms with Crippen LogP contribution in [0.4, 0.5) is 13.2 Å². The molecule has 0 spiro atoms. The van der Waals surface area contributed by atoms with Gasteiger partial charge >= 0.3 is 6.18 Å². The van der Waals surface area contributed by atoms with Crippen molar-refractivity contribution in [2.24, 2.45) is 5.41 Å². The lowest BCUT2D eigenvalue weighted by molar-refractivity contribution is -0.188. The molecule has 0 heterocycles. The van der Waals surface area contributed by atoms with Gasteiger partial charge in [-0.15, -0.1) is 0 Å². The molecule has 0 aromatic rings. The maximum absolute atomic E-state index is 12.5. The minimum atomic E-state index is -4.55. The SMILES string of the molecule is CO/C=C/C(O)=CC(=O)C1(C(F)(F)F)CC1. The van der Waals surface area contributed by atoms with Gasteiger partial charge in [-0.05, 0) is 12.8 Å². The Labute approximate surface area is 90.2 Å². The molecule has 1 N–H and O–H groups in total. The molecule has 1 rings (SSSR count). The molecule has 0 bridgehead atoms. The Bertz CT molecular complexity index is 338. The van der Waals surface area contributed by atoms with Crippen molar-refractivity contribution in [2.75, 3.05) is 7.11 Å². The summed E-state index contributed by atoms with van der Waals surface area (Å²) in [6.07, 6.45) is -2.33. The molecule has 0 unspecified atom stereocenters. The number of hydrogen-bond donors (Lipinski definition) is 1. The van der Waals surface area contributed by atoms with Crippen molar-refractivity contribution in [1.29, 1.82) is 0 Å². The monoisotopic (exact) mass is 236 g/mol. The fourth-order valence-electron chi connectivity index (χ4n) is 1.25. The maximum Gasteiger partial charge on any atom is 0.401 e. The predicted molar refractivity (Wildman–Crippen MR) is 49.6 cm³/mol. The zero-order valence-corrected chi connectivity index (χ0v) is 8.54. The fourth-order valence-corrected chi connectivity index (χ4v) is 1.25. The molecule has 0 radical (unpaired) electrons. The van der Waals surface area contributed by atoms with E-state index in [2.05, 4.69) is 4.74 Å². The molecule has 0 saturated heterocycles. The van der Waals surface area contributed by atoms with Crippen LogP contribution in [0, 0.1) is 5.41 Å². The van der Waals surface area contributed by atoms with E-state index in [1.54, 1.807) is 0 Å². The Hall–Kier alpha value is -1.46. The van der Waals surface area contributed by atoms with Crippen molar-refractivity contribution in [3.05, 3.63) is 24.2 Å². The van der Waals surface area contributed by atoms with Crippen molar-refractivity contribution in [1.82, 2.24) is 0 Å². The summed E-state index contributed by atoms with van der Waals surface area (Å²) in [6.45, 7) is 0. The minimum Gasteiger partial charge on any atom is -0.508 e. The quantitative estimate of drug-likeness (QED) is 0.463. The van der Waals surface area contributed by atoms with Crippen LogP contribution in [-0.2, 0) is 9.53 Å². The van der Waals surface area contributed by atoms with E-state index in [4.69, 9.17) is 5.11 Å². The number of carbonyl (C=O) groups excluding carboxylic acids is 1. The normalized spacial score (nSPS) is 19.9. The number of ketones is 1. The van der Waals surface area contributed by atoms with Crippen LogP contribution >= 0.6 is 0 Å². The first-order valence-corrected chi connectivity index (χ1v) is 4.55. The van der Waals surface area contributed by atoms with Gasteiger partial charge in [0, 0.05) is 12.2 Å². The van der Waals surface area contributed by atoms with Crippen LogP contribution in [0.15, 0.2) is 24.2 Å². The fraction of sp³-hybridized carbons (Fsp3) is 0.500. The van der Waals surface area contributed by atoms with Crippen molar-refractivity contribution in [3.63, 3.8) is 0 Å². The zero-order valence-electron chi connectivity index (χ0n) is 8.54. The highest BCUT2D eigenvalue weighted by Crippen LogP contribution is 2.58. The number of ether oxygens (including phenoxy) is 1. The van der Waals surface area contributed by atoms with Crippen molar-refractivity contribution in [2.45, 2.75) is 19.0 Å². The smallest absolute Gasteiger partial charge is 0.401 e. The second-order valence-corrected chi connectivity index (χ2v) is 3.55. The van der Waals surface area contributed by atoms with Crippen LogP contribution in [-0.4, -0.2) is 24.2 Å². The molecule has 3 nitrogen and oxygen atoms in total. The molecule has 1 aliphatic rings. The zero-order chi connectivity index (χ0) is 12.4. The number of halogens is 3. The summed E-state index contributed by atoms with van der Waals surface area (Å²) in [5.74, 6) is -1.67. The molecule has 1 saturated carbocycles. The lowest BCUT2D eigenvalue weighted by Crippen LogP contribution is -2.31. The van der Waals surface area contributed by atoms with Crippen LogP contribution in [0.25, 0.3) is 0 Å². The van der Waals surface area contributed by atoms with Gasteiger partial charge in [0.15, 0.2) is 5.78 Å². The van der Waals surface area contributed by atoms with E-state index in [0.29, 0.717) is 6.08 Å². The van der Waals surface area contributed by atoms with Crippen molar-refractivity contribution < 1.29 is 27.8 Å². The summed E-state index contributed by atoms with van der Waals surface area (Å²) < 4.78 is 41.9. The molecular formula is C10H11F3O3. The van der Waals surface area contributed by atoms with Crippen LogP contribution in [0.5, 0.6) is 0 Å². The van der Waals surface area contributed by atoms with Crippen LogP contribution in [0.1, 0.15) is 12.8 Å². The third-order valence-electron chi connectivity index (χ3n) is 2.42. The maximum atomic E-state index is 12.5. The third-order valence-corrected chi connectivity index (χ3v) is 2.42. The van der Waals surface area contributed by atoms with Gasteiger partial charge in [0.05, 0.1) is 13.4 Å². The first kappa shape index (κ1) is 12.6. The van der Waals surface area contributed by atoms with Gasteiger partial charge < -0.3 is 9.84 Å². The molecule has 0 atom stereocenters. The highest BCUT2D eigenvalue weighted by Gasteiger charge is 2.67. The summed E-state index contributed by atoms with van der Waals surface area (Å²) in [5.41, 5.74) is -2.28. The highest BCUT2D eigenvalue weighted by atomic mass is 19.4. The van der Waals surface area contributed by atoms with Gasteiger partial charge in [0.1, 0.15) is 11.2 Å². The van der Waals surface area contributed by atoms with Gasteiger partial charge in [-0.2, -0.15) is 13.2 Å². The summed E-state index contributed by atoms with van der Waals surface area (Å²) in [6, 6.07) is 0. The molecule has 6 heteroatoms. The number of alkyl halides is 3. The Morgan fingerprint density at radius 3 is 2.38 bits per heavy atom. The van der Waals surface area contributed by atoms with E-state index in [-0.39, 0.29) is 12.8 Å². The van der Waals surface area contributed by atoms with E-state index >= 15 is 0 Å². The van der Waals surface area contributed by atoms with Crippen LogP contribution in [0.3, 0.4) is 0 Å². The Morgan fingerprint density at radius 2 is 2.00 bits per heavy atom. The van der Waals surface area contributed by atoms with E-state index in [1.165, 1.54) is 7.11 Å². The van der Waals surface area contributed by atoms with Gasteiger partial charge in [-0.25, -0.2) is 0 Å². The summed E-state index contributed by atoms with van der Waals surface area (Å²) in [5, 5.41) is 9.11. The molecule has 16 heavy (non-hydrogen) atoms. The predicted octanol–water partition coefficient (Wildman–Crippen LogP) is 2.50. The number of allylic oxidation sites excluding steroid dienone is 2. The van der Waals surface area contributed by atoms with Gasteiger partial charge in [-0.1, -0.05) is 0 Å². The Morgan fingerprint density at radius 1 is 1.44 bits per heavy atom. The topological polar surface area (TPSA) is 46.5 Å². The van der Waals surface area contributed by atoms with E-state index in [1.807, 2.05) is 0 Å². The van der Waals surface area contributed by atoms with Crippen LogP contribution in [0.2, 0.25) is 0 Å². The van der Waals surface area contributed by atoms with Gasteiger partial charge in [-0.3, -0.25) is 4.79 Å². The number of aliphatic hydroxyl groups excluding tert-OH is 1. The number of carbonyl (C=O) groups is 1. The average molecular weight is 236 g/mol. The molecule has 0 aromatic carbocycles. The molecule has 0 aliphatic heterocycles. The largest absolute Gasteiger partial charge is 0.508 e. The molecule has 1 aliphatic carbocycles. The number of hydrogen-bond acceptors (Lipinski definition) is 3. The lowest BCUT2D eigenvalue weighted by Gasteiger charge is -2.15.